The molecular weight excluding hydrogens is 678 g/mol. The first kappa shape index (κ1) is 32.9. The van der Waals surface area contributed by atoms with Gasteiger partial charge in [0.2, 0.25) is 0 Å². The molecule has 0 aliphatic carbocycles. The van der Waals surface area contributed by atoms with Gasteiger partial charge in [0.15, 0.2) is 12.6 Å². The Bertz CT molecular complexity index is 1470. The predicted octanol–water partition coefficient (Wildman–Crippen LogP) is 2.44. The Morgan fingerprint density at radius 3 is 2.13 bits per heavy atom. The van der Waals surface area contributed by atoms with Crippen molar-refractivity contribution in [2.45, 2.75) is 179 Å². The Kier molecular flexibility index (Phi) is 11.2. The van der Waals surface area contributed by atoms with Crippen molar-refractivity contribution in [2.75, 3.05) is 28.1 Å². The summed E-state index contributed by atoms with van der Waals surface area (Å²) in [6.45, 7) is 8.21. The first-order chi connectivity index (χ1) is 27.6. The predicted molar refractivity (Wildman–Crippen MR) is 191 cm³/mol. The molecule has 52 heavy (non-hydrogen) atoms. The standard InChI is InChI=1S/C38H69NO13/c1-15-26-38(10,45)31(42)21(4)28(40)19(2)17-37(9,47-14)33(52-35-29(41)25(39(11)12)16-20(3)48-35)22(5)30(23(6)34(44)50-26)51-27-18-36(8,46-13)32(43)24(7)49-27/h19-27,29-33,35,41-43,45H,15-18H2,1-14H3/t19-,20-,21+,22+,23-,24+,25+,26-,27+,29-,30?,31-,32+,33-,35+,36-,37-,38-/m1/s1/i11D3,12D3,14D3. The number of hydrogen-bond donors (Lipinski definition) is 4. The van der Waals surface area contributed by atoms with E-state index in [0.29, 0.717) is 0 Å². The second-order valence-corrected chi connectivity index (χ2v) is 15.9. The van der Waals surface area contributed by atoms with Crippen molar-refractivity contribution < 1.29 is 75.5 Å². The third-order valence-corrected chi connectivity index (χ3v) is 11.7. The van der Waals surface area contributed by atoms with Gasteiger partial charge < -0.3 is 58.5 Å². The number of aliphatic hydroxyl groups is 4. The Labute approximate surface area is 323 Å². The van der Waals surface area contributed by atoms with Crippen molar-refractivity contribution in [1.82, 2.24) is 4.90 Å². The highest BCUT2D eigenvalue weighted by Gasteiger charge is 2.54. The second-order valence-electron chi connectivity index (χ2n) is 15.9. The van der Waals surface area contributed by atoms with Gasteiger partial charge >= 0.3 is 5.97 Å². The van der Waals surface area contributed by atoms with Gasteiger partial charge in [-0.1, -0.05) is 27.7 Å². The average Bonchev–Trinajstić information content (AvgIpc) is 3.11. The fraction of sp³-hybridized carbons (Fsp3) is 0.947. The normalized spacial score (nSPS) is 52.3. The Balaban J connectivity index is 2.36. The van der Waals surface area contributed by atoms with Crippen LogP contribution in [-0.2, 0) is 42.7 Å². The van der Waals surface area contributed by atoms with E-state index in [1.807, 2.05) is 0 Å². The van der Waals surface area contributed by atoms with Crippen LogP contribution in [0, 0.1) is 23.7 Å². The van der Waals surface area contributed by atoms with E-state index in [-0.39, 0.29) is 24.2 Å². The van der Waals surface area contributed by atoms with Crippen molar-refractivity contribution in [3.63, 3.8) is 0 Å². The van der Waals surface area contributed by atoms with Gasteiger partial charge in [-0.2, -0.15) is 0 Å². The van der Waals surface area contributed by atoms with E-state index in [1.165, 1.54) is 55.6 Å². The zero-order valence-corrected chi connectivity index (χ0v) is 32.4. The maximum atomic E-state index is 14.3. The quantitative estimate of drug-likeness (QED) is 0.265. The number of rotatable bonds is 8. The molecule has 0 aromatic rings. The lowest BCUT2D eigenvalue weighted by atomic mass is 9.74. The number of Topliss-reactive ketones (excluding diaryl/α,β-unsaturated/α-hetero) is 1. The Hall–Kier alpha value is -1.30. The molecule has 0 saturated carbocycles. The highest BCUT2D eigenvalue weighted by molar-refractivity contribution is 5.83. The molecule has 0 aromatic carbocycles. The van der Waals surface area contributed by atoms with Gasteiger partial charge in [-0.25, -0.2) is 0 Å². The lowest BCUT2D eigenvalue weighted by Gasteiger charge is -2.50. The van der Waals surface area contributed by atoms with Gasteiger partial charge in [0.05, 0.1) is 51.8 Å². The molecule has 304 valence electrons. The van der Waals surface area contributed by atoms with Crippen LogP contribution in [0.2, 0.25) is 0 Å². The summed E-state index contributed by atoms with van der Waals surface area (Å²) in [5, 5.41) is 46.0. The molecule has 3 aliphatic heterocycles. The number of cyclic esters (lactones) is 1. The summed E-state index contributed by atoms with van der Waals surface area (Å²) < 4.78 is 116. The topological polar surface area (TPSA) is 183 Å². The zero-order valence-electron chi connectivity index (χ0n) is 41.4. The minimum atomic E-state index is -3.23. The number of hydrogen-bond acceptors (Lipinski definition) is 14. The maximum Gasteiger partial charge on any atom is 0.311 e. The van der Waals surface area contributed by atoms with Crippen LogP contribution in [0.15, 0.2) is 0 Å². The molecule has 3 fully saturated rings. The van der Waals surface area contributed by atoms with Crippen molar-refractivity contribution in [1.29, 1.82) is 0 Å². The van der Waals surface area contributed by atoms with Crippen LogP contribution in [0.25, 0.3) is 0 Å². The highest BCUT2D eigenvalue weighted by Crippen LogP contribution is 2.41. The fourth-order valence-corrected chi connectivity index (χ4v) is 8.23. The number of ether oxygens (including phenoxy) is 7. The van der Waals surface area contributed by atoms with Gasteiger partial charge in [-0.15, -0.1) is 0 Å². The summed E-state index contributed by atoms with van der Waals surface area (Å²) in [6, 6.07) is -1.62. The number of methoxy groups -OCH3 is 2. The smallest absolute Gasteiger partial charge is 0.311 e. The molecular formula is C38H69NO13. The van der Waals surface area contributed by atoms with E-state index in [0.717, 1.165) is 0 Å². The largest absolute Gasteiger partial charge is 0.459 e. The molecule has 3 saturated heterocycles. The van der Waals surface area contributed by atoms with E-state index < -0.39 is 147 Å². The third kappa shape index (κ3) is 9.38. The lowest BCUT2D eigenvalue weighted by molar-refractivity contribution is -0.319. The van der Waals surface area contributed by atoms with Gasteiger partial charge in [0.25, 0.3) is 0 Å². The van der Waals surface area contributed by atoms with Crippen LogP contribution >= 0.6 is 0 Å². The first-order valence-corrected chi connectivity index (χ1v) is 18.2. The number of aliphatic hydroxyl groups excluding tert-OH is 3. The molecule has 3 aliphatic rings. The van der Waals surface area contributed by atoms with Crippen LogP contribution in [0.4, 0.5) is 0 Å². The first-order valence-electron chi connectivity index (χ1n) is 22.7. The Morgan fingerprint density at radius 2 is 1.56 bits per heavy atom. The molecule has 0 bridgehead atoms. The zero-order chi connectivity index (χ0) is 47.2. The number of likely N-dealkylation sites (N-methyl/N-ethyl adjacent to an activating group) is 1. The highest BCUT2D eigenvalue weighted by atomic mass is 16.7. The van der Waals surface area contributed by atoms with E-state index in [9.17, 15) is 30.0 Å². The summed E-state index contributed by atoms with van der Waals surface area (Å²) >= 11 is 0. The SMILES string of the molecule is [2H]C([2H])([2H])O[C@]1(C)C[C@@H](C)C(=O)[C@H](C)[C@@H](O)[C@](C)(O)[C@@H](CC)OC(=O)[C@H](C)C(O[C@H]2C[C@@](C)(OC)[C@@H](O)[C@H](C)O2)[C@H](C)[C@H]1O[C@@H]1O[C@H](C)C[C@H](N(C([2H])([2H])[2H])C([2H])([2H])[2H])[C@H]1O. The van der Waals surface area contributed by atoms with Crippen molar-refractivity contribution >= 4 is 11.8 Å². The second kappa shape index (κ2) is 17.7. The molecule has 0 radical (unpaired) electrons. The average molecular weight is 757 g/mol. The molecule has 0 amide bonds. The van der Waals surface area contributed by atoms with Crippen molar-refractivity contribution in [3.8, 4) is 0 Å². The molecule has 3 heterocycles. The van der Waals surface area contributed by atoms with Crippen molar-refractivity contribution in [3.05, 3.63) is 0 Å². The summed E-state index contributed by atoms with van der Waals surface area (Å²) in [4.78, 5) is 28.7. The minimum absolute atomic E-state index is 0.00336. The van der Waals surface area contributed by atoms with Gasteiger partial charge in [0.1, 0.15) is 29.7 Å². The third-order valence-electron chi connectivity index (χ3n) is 11.7. The number of carbonyl (C=O) groups excluding carboxylic acids is 2. The molecule has 14 nitrogen and oxygen atoms in total. The lowest BCUT2D eigenvalue weighted by Crippen LogP contribution is -2.61. The molecule has 3 rings (SSSR count). The number of ketones is 1. The van der Waals surface area contributed by atoms with E-state index in [4.69, 9.17) is 45.5 Å². The minimum Gasteiger partial charge on any atom is -0.459 e. The van der Waals surface area contributed by atoms with E-state index in [2.05, 4.69) is 0 Å². The van der Waals surface area contributed by atoms with Gasteiger partial charge in [-0.05, 0) is 74.8 Å². The van der Waals surface area contributed by atoms with Gasteiger partial charge in [0, 0.05) is 52.6 Å². The fourth-order valence-electron chi connectivity index (χ4n) is 8.23. The van der Waals surface area contributed by atoms with Crippen LogP contribution in [0.1, 0.15) is 107 Å². The van der Waals surface area contributed by atoms with E-state index >= 15 is 0 Å². The van der Waals surface area contributed by atoms with Crippen LogP contribution in [-0.4, -0.2) is 149 Å². The van der Waals surface area contributed by atoms with Crippen LogP contribution in [0.3, 0.4) is 0 Å². The molecule has 18 atom stereocenters. The molecule has 0 spiro atoms. The molecule has 0 aromatic heterocycles. The van der Waals surface area contributed by atoms with E-state index in [1.54, 1.807) is 20.8 Å². The van der Waals surface area contributed by atoms with Crippen LogP contribution in [0.5, 0.6) is 0 Å². The molecule has 4 N–H and O–H groups in total. The maximum absolute atomic E-state index is 14.3. The van der Waals surface area contributed by atoms with Crippen LogP contribution < -0.4 is 0 Å². The monoisotopic (exact) mass is 757 g/mol. The summed E-state index contributed by atoms with van der Waals surface area (Å²) in [7, 11) is -1.81. The summed E-state index contributed by atoms with van der Waals surface area (Å²) in [6.07, 6.45) is -15.0. The molecule has 14 heteroatoms. The Morgan fingerprint density at radius 1 is 0.904 bits per heavy atom. The van der Waals surface area contributed by atoms with Crippen molar-refractivity contribution in [2.24, 2.45) is 23.7 Å². The number of nitrogens with zero attached hydrogens (tertiary/aromatic N) is 1. The summed E-state index contributed by atoms with van der Waals surface area (Å²) in [5.41, 5.74) is -5.51. The number of carbonyl (C=O) groups is 2. The number of esters is 1. The van der Waals surface area contributed by atoms with Gasteiger partial charge in [-0.3, -0.25) is 9.59 Å². The molecule has 1 unspecified atom stereocenters. The summed E-state index contributed by atoms with van der Waals surface area (Å²) in [5.74, 6) is -6.58.